The largest absolute Gasteiger partial charge is 0.327 e. The van der Waals surface area contributed by atoms with Gasteiger partial charge >= 0.3 is 0 Å². The topological polar surface area (TPSA) is 29.3 Å². The first kappa shape index (κ1) is 13.4. The Labute approximate surface area is 101 Å². The van der Waals surface area contributed by atoms with Crippen LogP contribution in [0.3, 0.4) is 0 Å². The number of hydrogen-bond donors (Lipinski definition) is 1. The normalized spacial score (nSPS) is 13.1. The van der Waals surface area contributed by atoms with E-state index in [0.29, 0.717) is 11.4 Å². The van der Waals surface area contributed by atoms with Crippen molar-refractivity contribution in [2.24, 2.45) is 5.73 Å². The van der Waals surface area contributed by atoms with Crippen molar-refractivity contribution in [3.05, 3.63) is 34.6 Å². The average molecular weight is 245 g/mol. The van der Waals surface area contributed by atoms with Crippen LogP contribution in [0.5, 0.6) is 0 Å². The summed E-state index contributed by atoms with van der Waals surface area (Å²) in [5.41, 5.74) is 6.75. The Morgan fingerprint density at radius 1 is 1.44 bits per heavy atom. The molecule has 4 heteroatoms. The van der Waals surface area contributed by atoms with Crippen LogP contribution in [0.25, 0.3) is 0 Å². The molecule has 0 bridgehead atoms. The molecule has 0 aliphatic heterocycles. The molecular formula is C12H18ClFN2. The van der Waals surface area contributed by atoms with Crippen LogP contribution in [-0.4, -0.2) is 31.6 Å². The minimum atomic E-state index is -0.265. The monoisotopic (exact) mass is 244 g/mol. The van der Waals surface area contributed by atoms with Crippen LogP contribution < -0.4 is 5.73 Å². The summed E-state index contributed by atoms with van der Waals surface area (Å²) >= 11 is 5.97. The molecule has 16 heavy (non-hydrogen) atoms. The molecule has 0 amide bonds. The Hall–Kier alpha value is -0.640. The molecule has 0 aliphatic rings. The van der Waals surface area contributed by atoms with Crippen LogP contribution in [0.2, 0.25) is 5.02 Å². The lowest BCUT2D eigenvalue weighted by molar-refractivity contribution is 0.379. The van der Waals surface area contributed by atoms with Gasteiger partial charge in [0.15, 0.2) is 0 Å². The van der Waals surface area contributed by atoms with E-state index in [1.165, 1.54) is 12.1 Å². The van der Waals surface area contributed by atoms with E-state index in [1.807, 2.05) is 14.1 Å². The Balaban J connectivity index is 2.55. The standard InChI is InChI=1S/C12H18ClFN2/c1-16(2)6-5-11(15)8-9-7-10(14)3-4-12(9)13/h3-4,7,11H,5-6,8,15H2,1-2H3. The molecule has 0 saturated carbocycles. The molecule has 90 valence electrons. The highest BCUT2D eigenvalue weighted by molar-refractivity contribution is 6.31. The molecule has 2 N–H and O–H groups in total. The molecule has 1 aromatic carbocycles. The molecule has 0 radical (unpaired) electrons. The summed E-state index contributed by atoms with van der Waals surface area (Å²) < 4.78 is 13.0. The molecular weight excluding hydrogens is 227 g/mol. The van der Waals surface area contributed by atoms with Crippen LogP contribution in [0.15, 0.2) is 18.2 Å². The fourth-order valence-corrected chi connectivity index (χ4v) is 1.70. The maximum absolute atomic E-state index is 13.0. The first-order valence-electron chi connectivity index (χ1n) is 5.33. The zero-order valence-electron chi connectivity index (χ0n) is 9.71. The number of nitrogens with zero attached hydrogens (tertiary/aromatic N) is 1. The second-order valence-electron chi connectivity index (χ2n) is 4.29. The Bertz CT molecular complexity index is 342. The third kappa shape index (κ3) is 4.47. The summed E-state index contributed by atoms with van der Waals surface area (Å²) in [4.78, 5) is 2.08. The maximum atomic E-state index is 13.0. The van der Waals surface area contributed by atoms with E-state index >= 15 is 0 Å². The van der Waals surface area contributed by atoms with Crippen LogP contribution >= 0.6 is 11.6 Å². The van der Waals surface area contributed by atoms with Crippen molar-refractivity contribution >= 4 is 11.6 Å². The van der Waals surface area contributed by atoms with E-state index in [9.17, 15) is 4.39 Å². The van der Waals surface area contributed by atoms with Gasteiger partial charge in [0.25, 0.3) is 0 Å². The van der Waals surface area contributed by atoms with Crippen LogP contribution in [0.4, 0.5) is 4.39 Å². The minimum Gasteiger partial charge on any atom is -0.327 e. The molecule has 0 fully saturated rings. The minimum absolute atomic E-state index is 0.0155. The summed E-state index contributed by atoms with van der Waals surface area (Å²) in [5, 5.41) is 0.585. The SMILES string of the molecule is CN(C)CCC(N)Cc1cc(F)ccc1Cl. The molecule has 0 heterocycles. The van der Waals surface area contributed by atoms with Gasteiger partial charge in [0.05, 0.1) is 0 Å². The Kier molecular flexibility index (Phi) is 5.19. The molecule has 0 aliphatic carbocycles. The first-order chi connectivity index (χ1) is 7.49. The van der Waals surface area contributed by atoms with E-state index in [1.54, 1.807) is 6.07 Å². The van der Waals surface area contributed by atoms with Gasteiger partial charge in [0.2, 0.25) is 0 Å². The van der Waals surface area contributed by atoms with E-state index < -0.39 is 0 Å². The third-order valence-electron chi connectivity index (χ3n) is 2.44. The lowest BCUT2D eigenvalue weighted by atomic mass is 10.0. The molecule has 1 aromatic rings. The van der Waals surface area contributed by atoms with Crippen LogP contribution in [0.1, 0.15) is 12.0 Å². The molecule has 2 nitrogen and oxygen atoms in total. The van der Waals surface area contributed by atoms with Gasteiger partial charge in [-0.15, -0.1) is 0 Å². The molecule has 0 spiro atoms. The van der Waals surface area contributed by atoms with E-state index in [2.05, 4.69) is 4.90 Å². The molecule has 1 rings (SSSR count). The van der Waals surface area contributed by atoms with Crippen molar-refractivity contribution in [1.82, 2.24) is 4.90 Å². The van der Waals surface area contributed by atoms with Crippen LogP contribution in [-0.2, 0) is 6.42 Å². The van der Waals surface area contributed by atoms with Gasteiger partial charge < -0.3 is 10.6 Å². The maximum Gasteiger partial charge on any atom is 0.123 e. The second-order valence-corrected chi connectivity index (χ2v) is 4.70. The van der Waals surface area contributed by atoms with Crippen molar-refractivity contribution in [2.45, 2.75) is 18.9 Å². The molecule has 0 aromatic heterocycles. The van der Waals surface area contributed by atoms with Gasteiger partial charge in [-0.1, -0.05) is 11.6 Å². The fourth-order valence-electron chi connectivity index (χ4n) is 1.51. The highest BCUT2D eigenvalue weighted by Crippen LogP contribution is 2.18. The average Bonchev–Trinajstić information content (AvgIpc) is 2.20. The number of benzene rings is 1. The molecule has 1 unspecified atom stereocenters. The van der Waals surface area contributed by atoms with Gasteiger partial charge in [-0.05, 0) is 57.2 Å². The predicted octanol–water partition coefficient (Wildman–Crippen LogP) is 2.30. The second kappa shape index (κ2) is 6.18. The third-order valence-corrected chi connectivity index (χ3v) is 2.81. The highest BCUT2D eigenvalue weighted by atomic mass is 35.5. The zero-order valence-corrected chi connectivity index (χ0v) is 10.5. The van der Waals surface area contributed by atoms with Crippen molar-refractivity contribution in [3.8, 4) is 0 Å². The van der Waals surface area contributed by atoms with Crippen molar-refractivity contribution < 1.29 is 4.39 Å². The summed E-state index contributed by atoms with van der Waals surface area (Å²) in [6.07, 6.45) is 1.49. The lowest BCUT2D eigenvalue weighted by Crippen LogP contribution is -2.28. The fraction of sp³-hybridized carbons (Fsp3) is 0.500. The predicted molar refractivity (Wildman–Crippen MR) is 66.3 cm³/mol. The van der Waals surface area contributed by atoms with E-state index in [-0.39, 0.29) is 11.9 Å². The van der Waals surface area contributed by atoms with Crippen molar-refractivity contribution in [1.29, 1.82) is 0 Å². The van der Waals surface area contributed by atoms with Crippen LogP contribution in [0, 0.1) is 5.82 Å². The lowest BCUT2D eigenvalue weighted by Gasteiger charge is -2.15. The zero-order chi connectivity index (χ0) is 12.1. The first-order valence-corrected chi connectivity index (χ1v) is 5.71. The van der Waals surface area contributed by atoms with E-state index in [0.717, 1.165) is 18.5 Å². The summed E-state index contributed by atoms with van der Waals surface area (Å²) in [6.45, 7) is 0.925. The molecule has 1 atom stereocenters. The summed E-state index contributed by atoms with van der Waals surface area (Å²) in [6, 6.07) is 4.40. The highest BCUT2D eigenvalue weighted by Gasteiger charge is 2.08. The van der Waals surface area contributed by atoms with Gasteiger partial charge in [0, 0.05) is 11.1 Å². The smallest absolute Gasteiger partial charge is 0.123 e. The van der Waals surface area contributed by atoms with Crippen molar-refractivity contribution in [3.63, 3.8) is 0 Å². The Morgan fingerprint density at radius 2 is 2.12 bits per heavy atom. The Morgan fingerprint density at radius 3 is 2.75 bits per heavy atom. The van der Waals surface area contributed by atoms with Crippen molar-refractivity contribution in [2.75, 3.05) is 20.6 Å². The summed E-state index contributed by atoms with van der Waals surface area (Å²) in [7, 11) is 4.00. The molecule has 0 saturated heterocycles. The summed E-state index contributed by atoms with van der Waals surface area (Å²) in [5.74, 6) is -0.265. The quantitative estimate of drug-likeness (QED) is 0.861. The van der Waals surface area contributed by atoms with E-state index in [4.69, 9.17) is 17.3 Å². The van der Waals surface area contributed by atoms with Gasteiger partial charge in [-0.3, -0.25) is 0 Å². The number of halogens is 2. The van der Waals surface area contributed by atoms with Gasteiger partial charge in [0.1, 0.15) is 5.82 Å². The number of hydrogen-bond acceptors (Lipinski definition) is 2. The number of nitrogens with two attached hydrogens (primary N) is 1. The van der Waals surface area contributed by atoms with Gasteiger partial charge in [-0.25, -0.2) is 4.39 Å². The number of rotatable bonds is 5. The van der Waals surface area contributed by atoms with Gasteiger partial charge in [-0.2, -0.15) is 0 Å².